The summed E-state index contributed by atoms with van der Waals surface area (Å²) >= 11 is 18.1. The number of benzene rings is 2. The Hall–Kier alpha value is -1.87. The minimum Gasteiger partial charge on any atom is -0.497 e. The summed E-state index contributed by atoms with van der Waals surface area (Å²) in [6, 6.07) is 9.88. The van der Waals surface area contributed by atoms with Gasteiger partial charge in [-0.05, 0) is 42.8 Å². The number of nitrogens with one attached hydrogen (secondary N) is 1. The molecule has 0 aliphatic heterocycles. The molecule has 0 bridgehead atoms. The molecule has 0 fully saturated rings. The van der Waals surface area contributed by atoms with E-state index in [-0.39, 0.29) is 46.0 Å². The molecular weight excluding hydrogens is 487 g/mol. The lowest BCUT2D eigenvalue weighted by Crippen LogP contribution is -2.33. The van der Waals surface area contributed by atoms with Crippen LogP contribution in [-0.4, -0.2) is 47.4 Å². The van der Waals surface area contributed by atoms with Crippen LogP contribution in [0.5, 0.6) is 11.5 Å². The normalized spacial score (nSPS) is 11.1. The fourth-order valence-corrected chi connectivity index (χ4v) is 4.33. The summed E-state index contributed by atoms with van der Waals surface area (Å²) in [5.41, 5.74) is 0.215. The second-order valence-corrected chi connectivity index (χ2v) is 9.66. The van der Waals surface area contributed by atoms with E-state index in [1.165, 1.54) is 12.1 Å². The maximum Gasteiger partial charge on any atom is 0.232 e. The Bertz CT molecular complexity index is 1000. The lowest BCUT2D eigenvalue weighted by Gasteiger charge is -2.24. The van der Waals surface area contributed by atoms with Gasteiger partial charge in [0.05, 0.1) is 40.7 Å². The minimum atomic E-state index is -3.64. The second kappa shape index (κ2) is 11.7. The molecule has 7 nitrogen and oxygen atoms in total. The van der Waals surface area contributed by atoms with Gasteiger partial charge in [-0.3, -0.25) is 9.10 Å². The van der Waals surface area contributed by atoms with Gasteiger partial charge in [-0.1, -0.05) is 34.8 Å². The molecule has 11 heteroatoms. The van der Waals surface area contributed by atoms with E-state index in [1.807, 2.05) is 0 Å². The summed E-state index contributed by atoms with van der Waals surface area (Å²) in [5, 5.41) is 3.29. The summed E-state index contributed by atoms with van der Waals surface area (Å²) < 4.78 is 36.1. The van der Waals surface area contributed by atoms with Gasteiger partial charge in [0.2, 0.25) is 15.9 Å². The fraction of sp³-hybridized carbons (Fsp3) is 0.350. The van der Waals surface area contributed by atoms with Gasteiger partial charge in [-0.25, -0.2) is 8.42 Å². The lowest BCUT2D eigenvalue weighted by atomic mass is 10.2. The first-order valence-corrected chi connectivity index (χ1v) is 12.3. The highest BCUT2D eigenvalue weighted by Crippen LogP contribution is 2.35. The van der Waals surface area contributed by atoms with Gasteiger partial charge in [0.1, 0.15) is 18.1 Å². The molecule has 0 radical (unpaired) electrons. The van der Waals surface area contributed by atoms with E-state index in [9.17, 15) is 13.2 Å². The first-order valence-electron chi connectivity index (χ1n) is 9.27. The number of sulfonamides is 1. The van der Waals surface area contributed by atoms with Crippen molar-refractivity contribution in [3.63, 3.8) is 0 Å². The van der Waals surface area contributed by atoms with Crippen LogP contribution in [0.2, 0.25) is 15.1 Å². The van der Waals surface area contributed by atoms with Gasteiger partial charge in [-0.15, -0.1) is 0 Å². The zero-order chi connectivity index (χ0) is 23.0. The molecule has 1 N–H and O–H groups in total. The summed E-state index contributed by atoms with van der Waals surface area (Å²) in [6.45, 7) is 0.679. The molecule has 2 aromatic rings. The Morgan fingerprint density at radius 2 is 1.65 bits per heavy atom. The second-order valence-electron chi connectivity index (χ2n) is 6.53. The third-order valence-electron chi connectivity index (χ3n) is 4.18. The predicted octanol–water partition coefficient (Wildman–Crippen LogP) is 4.40. The molecule has 31 heavy (non-hydrogen) atoms. The largest absolute Gasteiger partial charge is 0.497 e. The zero-order valence-electron chi connectivity index (χ0n) is 17.0. The van der Waals surface area contributed by atoms with E-state index in [4.69, 9.17) is 44.3 Å². The van der Waals surface area contributed by atoms with Crippen LogP contribution in [0.15, 0.2) is 36.4 Å². The van der Waals surface area contributed by atoms with E-state index >= 15 is 0 Å². The average Bonchev–Trinajstić information content (AvgIpc) is 2.71. The Kier molecular flexibility index (Phi) is 9.55. The first-order chi connectivity index (χ1) is 14.6. The van der Waals surface area contributed by atoms with Crippen molar-refractivity contribution in [3.8, 4) is 11.5 Å². The van der Waals surface area contributed by atoms with Crippen LogP contribution in [0.1, 0.15) is 12.8 Å². The van der Waals surface area contributed by atoms with E-state index in [1.54, 1.807) is 31.4 Å². The molecule has 0 aromatic heterocycles. The van der Waals surface area contributed by atoms with Crippen LogP contribution < -0.4 is 19.1 Å². The molecule has 0 saturated carbocycles. The third-order valence-corrected chi connectivity index (χ3v) is 6.38. The molecule has 1 amide bonds. The highest BCUT2D eigenvalue weighted by Gasteiger charge is 2.21. The third kappa shape index (κ3) is 7.96. The Morgan fingerprint density at radius 3 is 2.26 bits per heavy atom. The van der Waals surface area contributed by atoms with Gasteiger partial charge in [0, 0.05) is 13.0 Å². The smallest absolute Gasteiger partial charge is 0.232 e. The molecule has 2 aromatic carbocycles. The van der Waals surface area contributed by atoms with E-state index in [2.05, 4.69) is 5.32 Å². The average molecular weight is 510 g/mol. The van der Waals surface area contributed by atoms with Crippen molar-refractivity contribution >= 4 is 56.4 Å². The van der Waals surface area contributed by atoms with Crippen molar-refractivity contribution in [2.75, 3.05) is 37.4 Å². The van der Waals surface area contributed by atoms with Gasteiger partial charge in [0.25, 0.3) is 0 Å². The van der Waals surface area contributed by atoms with E-state index < -0.39 is 10.0 Å². The number of carbonyl (C=O) groups excluding carboxylic acids is 1. The molecule has 2 rings (SSSR count). The SMILES string of the molecule is COc1ccc(OCCNC(=O)CCCN(c2cc(Cl)c(Cl)cc2Cl)S(C)(=O)=O)cc1. The quantitative estimate of drug-likeness (QED) is 0.358. The Labute approximate surface area is 197 Å². The van der Waals surface area contributed by atoms with Crippen LogP contribution >= 0.6 is 34.8 Å². The maximum atomic E-state index is 12.2. The molecule has 170 valence electrons. The van der Waals surface area contributed by atoms with Crippen LogP contribution in [0.25, 0.3) is 0 Å². The van der Waals surface area contributed by atoms with Crippen molar-refractivity contribution in [2.45, 2.75) is 12.8 Å². The van der Waals surface area contributed by atoms with Gasteiger partial charge >= 0.3 is 0 Å². The number of ether oxygens (including phenoxy) is 2. The molecule has 0 atom stereocenters. The number of methoxy groups -OCH3 is 1. The predicted molar refractivity (Wildman–Crippen MR) is 124 cm³/mol. The molecule has 0 aliphatic rings. The number of amides is 1. The lowest BCUT2D eigenvalue weighted by molar-refractivity contribution is -0.121. The summed E-state index contributed by atoms with van der Waals surface area (Å²) in [7, 11) is -2.06. The molecule has 0 unspecified atom stereocenters. The van der Waals surface area contributed by atoms with Crippen LogP contribution in [0.3, 0.4) is 0 Å². The van der Waals surface area contributed by atoms with Crippen molar-refractivity contribution < 1.29 is 22.7 Å². The van der Waals surface area contributed by atoms with Crippen molar-refractivity contribution in [2.24, 2.45) is 0 Å². The Morgan fingerprint density at radius 1 is 1.03 bits per heavy atom. The first kappa shape index (κ1) is 25.4. The number of anilines is 1. The number of carbonyl (C=O) groups is 1. The highest BCUT2D eigenvalue weighted by atomic mass is 35.5. The summed E-state index contributed by atoms with van der Waals surface area (Å²) in [4.78, 5) is 12.1. The van der Waals surface area contributed by atoms with E-state index in [0.717, 1.165) is 16.3 Å². The van der Waals surface area contributed by atoms with Crippen molar-refractivity contribution in [1.82, 2.24) is 5.32 Å². The zero-order valence-corrected chi connectivity index (χ0v) is 20.1. The van der Waals surface area contributed by atoms with Crippen molar-refractivity contribution in [1.29, 1.82) is 0 Å². The molecule has 0 spiro atoms. The maximum absolute atomic E-state index is 12.2. The van der Waals surface area contributed by atoms with Crippen LogP contribution in [0.4, 0.5) is 5.69 Å². The molecule has 0 aliphatic carbocycles. The number of halogens is 3. The summed E-state index contributed by atoms with van der Waals surface area (Å²) in [5.74, 6) is 1.18. The monoisotopic (exact) mass is 508 g/mol. The number of nitrogens with zero attached hydrogens (tertiary/aromatic N) is 1. The van der Waals surface area contributed by atoms with Crippen LogP contribution in [0, 0.1) is 0 Å². The molecular formula is C20H23Cl3N2O5S. The standard InChI is InChI=1S/C20H23Cl3N2O5S/c1-29-14-5-7-15(8-6-14)30-11-9-24-20(26)4-3-10-25(31(2,27)28)19-13-17(22)16(21)12-18(19)23/h5-8,12-13H,3-4,9-11H2,1-2H3,(H,24,26). The number of hydrogen-bond donors (Lipinski definition) is 1. The van der Waals surface area contributed by atoms with Crippen molar-refractivity contribution in [3.05, 3.63) is 51.5 Å². The Balaban J connectivity index is 1.81. The fourth-order valence-electron chi connectivity index (χ4n) is 2.67. The van der Waals surface area contributed by atoms with Gasteiger partial charge in [-0.2, -0.15) is 0 Å². The number of rotatable bonds is 11. The summed E-state index contributed by atoms with van der Waals surface area (Å²) in [6.07, 6.45) is 1.48. The number of hydrogen-bond acceptors (Lipinski definition) is 5. The topological polar surface area (TPSA) is 84.9 Å². The van der Waals surface area contributed by atoms with Crippen LogP contribution in [-0.2, 0) is 14.8 Å². The minimum absolute atomic E-state index is 0.0618. The van der Waals surface area contributed by atoms with Gasteiger partial charge in [0.15, 0.2) is 0 Å². The van der Waals surface area contributed by atoms with E-state index in [0.29, 0.717) is 18.9 Å². The molecule has 0 saturated heterocycles. The van der Waals surface area contributed by atoms with Gasteiger partial charge < -0.3 is 14.8 Å². The molecule has 0 heterocycles. The highest BCUT2D eigenvalue weighted by molar-refractivity contribution is 7.92.